The van der Waals surface area contributed by atoms with Gasteiger partial charge in [0.1, 0.15) is 18.4 Å². The maximum Gasteiger partial charge on any atom is 0.244 e. The molecule has 7 nitrogen and oxygen atoms in total. The summed E-state index contributed by atoms with van der Waals surface area (Å²) >= 11 is 0. The van der Waals surface area contributed by atoms with Crippen molar-refractivity contribution < 1.29 is 22.4 Å². The molecule has 0 aromatic heterocycles. The number of para-hydroxylation sites is 1. The smallest absolute Gasteiger partial charge is 0.244 e. The number of nitrogens with zero attached hydrogens (tertiary/aromatic N) is 2. The molecule has 2 aromatic carbocycles. The molecule has 0 aliphatic heterocycles. The minimum Gasteiger partial charge on any atom is -0.355 e. The normalized spacial score (nSPS) is 12.1. The first-order valence-electron chi connectivity index (χ1n) is 10.0. The van der Waals surface area contributed by atoms with E-state index < -0.39 is 34.3 Å². The van der Waals surface area contributed by atoms with Crippen molar-refractivity contribution >= 4 is 27.5 Å². The average Bonchev–Trinajstić information content (AvgIpc) is 2.72. The third-order valence-electron chi connectivity index (χ3n) is 4.73. The van der Waals surface area contributed by atoms with E-state index >= 15 is 0 Å². The van der Waals surface area contributed by atoms with Crippen molar-refractivity contribution in [1.29, 1.82) is 0 Å². The van der Waals surface area contributed by atoms with Crippen LogP contribution in [0.4, 0.5) is 10.1 Å². The van der Waals surface area contributed by atoms with Gasteiger partial charge in [-0.05, 0) is 31.0 Å². The molecule has 1 atom stereocenters. The van der Waals surface area contributed by atoms with Gasteiger partial charge in [-0.3, -0.25) is 13.9 Å². The summed E-state index contributed by atoms with van der Waals surface area (Å²) in [5.74, 6) is -1.69. The summed E-state index contributed by atoms with van der Waals surface area (Å²) < 4.78 is 39.8. The highest BCUT2D eigenvalue weighted by Crippen LogP contribution is 2.22. The number of likely N-dealkylation sites (N-methyl/N-ethyl adjacent to an activating group) is 1. The number of amides is 2. The monoisotopic (exact) mass is 449 g/mol. The fourth-order valence-electron chi connectivity index (χ4n) is 3.24. The fraction of sp³-hybridized carbons (Fsp3) is 0.364. The highest BCUT2D eigenvalue weighted by atomic mass is 32.2. The number of hydrogen-bond acceptors (Lipinski definition) is 4. The lowest BCUT2D eigenvalue weighted by Gasteiger charge is -2.32. The highest BCUT2D eigenvalue weighted by Gasteiger charge is 2.32. The van der Waals surface area contributed by atoms with Crippen LogP contribution in [0.5, 0.6) is 0 Å². The van der Waals surface area contributed by atoms with E-state index in [1.165, 1.54) is 23.1 Å². The molecule has 0 spiro atoms. The molecular weight excluding hydrogens is 421 g/mol. The molecule has 168 valence electrons. The van der Waals surface area contributed by atoms with E-state index in [4.69, 9.17) is 0 Å². The second kappa shape index (κ2) is 10.9. The molecule has 2 aromatic rings. The van der Waals surface area contributed by atoms with Gasteiger partial charge in [0.15, 0.2) is 0 Å². The molecule has 0 fully saturated rings. The summed E-state index contributed by atoms with van der Waals surface area (Å²) in [7, 11) is -3.96. The first-order chi connectivity index (χ1) is 14.7. The Labute approximate surface area is 182 Å². The number of hydrogen-bond donors (Lipinski definition) is 1. The first kappa shape index (κ1) is 24.3. The predicted molar refractivity (Wildman–Crippen MR) is 118 cm³/mol. The molecule has 0 unspecified atom stereocenters. The number of sulfonamides is 1. The number of benzene rings is 2. The van der Waals surface area contributed by atoms with Crippen LogP contribution < -0.4 is 9.62 Å². The van der Waals surface area contributed by atoms with Crippen LogP contribution >= 0.6 is 0 Å². The number of nitrogens with one attached hydrogen (secondary N) is 1. The third kappa shape index (κ3) is 6.52. The molecule has 31 heavy (non-hydrogen) atoms. The van der Waals surface area contributed by atoms with Gasteiger partial charge >= 0.3 is 0 Å². The number of carbonyl (C=O) groups is 2. The second-order valence-corrected chi connectivity index (χ2v) is 8.95. The van der Waals surface area contributed by atoms with Gasteiger partial charge in [-0.2, -0.15) is 0 Å². The van der Waals surface area contributed by atoms with Crippen LogP contribution in [-0.2, 0) is 26.2 Å². The van der Waals surface area contributed by atoms with Gasteiger partial charge in [0.2, 0.25) is 21.8 Å². The molecule has 0 saturated heterocycles. The van der Waals surface area contributed by atoms with Crippen molar-refractivity contribution in [3.63, 3.8) is 0 Å². The van der Waals surface area contributed by atoms with Gasteiger partial charge in [-0.1, -0.05) is 49.4 Å². The summed E-state index contributed by atoms with van der Waals surface area (Å²) in [5, 5.41) is 2.72. The quantitative estimate of drug-likeness (QED) is 0.604. The average molecular weight is 450 g/mol. The summed E-state index contributed by atoms with van der Waals surface area (Å²) in [4.78, 5) is 27.3. The van der Waals surface area contributed by atoms with Crippen molar-refractivity contribution in [3.05, 3.63) is 66.0 Å². The fourth-order valence-corrected chi connectivity index (χ4v) is 4.09. The maximum atomic E-state index is 14.3. The van der Waals surface area contributed by atoms with E-state index in [9.17, 15) is 22.4 Å². The lowest BCUT2D eigenvalue weighted by atomic mass is 10.1. The van der Waals surface area contributed by atoms with Crippen molar-refractivity contribution in [2.45, 2.75) is 32.9 Å². The molecule has 0 aliphatic carbocycles. The topological polar surface area (TPSA) is 86.8 Å². The Balaban J connectivity index is 2.42. The van der Waals surface area contributed by atoms with Crippen molar-refractivity contribution in [2.24, 2.45) is 0 Å². The largest absolute Gasteiger partial charge is 0.355 e. The molecule has 2 rings (SSSR count). The number of anilines is 1. The lowest BCUT2D eigenvalue weighted by molar-refractivity contribution is -0.140. The molecule has 0 radical (unpaired) electrons. The van der Waals surface area contributed by atoms with E-state index in [1.54, 1.807) is 13.8 Å². The molecule has 0 saturated carbocycles. The zero-order valence-electron chi connectivity index (χ0n) is 17.9. The minimum absolute atomic E-state index is 0.115. The zero-order valence-corrected chi connectivity index (χ0v) is 18.7. The standard InChI is InChI=1S/C22H28FN3O4S/c1-4-19(22(28)24-5-2)25(15-17-11-7-6-8-12-17)21(27)16-26(31(3,29)30)20-14-10-9-13-18(20)23/h6-14,19H,4-5,15-16H2,1-3H3,(H,24,28)/t19-/m0/s1. The van der Waals surface area contributed by atoms with Gasteiger partial charge in [0.25, 0.3) is 0 Å². The van der Waals surface area contributed by atoms with E-state index in [2.05, 4.69) is 5.32 Å². The summed E-state index contributed by atoms with van der Waals surface area (Å²) in [6.45, 7) is 3.44. The molecule has 0 bridgehead atoms. The Bertz CT molecular complexity index is 999. The van der Waals surface area contributed by atoms with Crippen LogP contribution in [0.25, 0.3) is 0 Å². The molecule has 2 amide bonds. The zero-order chi connectivity index (χ0) is 23.0. The number of carbonyl (C=O) groups excluding carboxylic acids is 2. The van der Waals surface area contributed by atoms with Crippen molar-refractivity contribution in [1.82, 2.24) is 10.2 Å². The van der Waals surface area contributed by atoms with Gasteiger partial charge in [0.05, 0.1) is 11.9 Å². The molecule has 9 heteroatoms. The molecule has 1 N–H and O–H groups in total. The van der Waals surface area contributed by atoms with E-state index in [0.29, 0.717) is 13.0 Å². The summed E-state index contributed by atoms with van der Waals surface area (Å²) in [5.41, 5.74) is 0.569. The number of halogens is 1. The van der Waals surface area contributed by atoms with Crippen LogP contribution in [0.2, 0.25) is 0 Å². The lowest BCUT2D eigenvalue weighted by Crippen LogP contribution is -2.52. The van der Waals surface area contributed by atoms with Crippen LogP contribution in [0.3, 0.4) is 0 Å². The molecular formula is C22H28FN3O4S. The van der Waals surface area contributed by atoms with Crippen molar-refractivity contribution in [3.8, 4) is 0 Å². The minimum atomic E-state index is -3.96. The predicted octanol–water partition coefficient (Wildman–Crippen LogP) is 2.54. The highest BCUT2D eigenvalue weighted by molar-refractivity contribution is 7.92. The van der Waals surface area contributed by atoms with Crippen LogP contribution in [0, 0.1) is 5.82 Å². The summed E-state index contributed by atoms with van der Waals surface area (Å²) in [6.07, 6.45) is 1.25. The van der Waals surface area contributed by atoms with Gasteiger partial charge in [-0.25, -0.2) is 12.8 Å². The Kier molecular flexibility index (Phi) is 8.56. The summed E-state index contributed by atoms with van der Waals surface area (Å²) in [6, 6.07) is 13.6. The Morgan fingerprint density at radius 3 is 2.19 bits per heavy atom. The Hall–Kier alpha value is -2.94. The third-order valence-corrected chi connectivity index (χ3v) is 5.86. The maximum absolute atomic E-state index is 14.3. The van der Waals surface area contributed by atoms with E-state index in [-0.39, 0.29) is 18.1 Å². The Morgan fingerprint density at radius 1 is 1.03 bits per heavy atom. The molecule has 0 aliphatic rings. The van der Waals surface area contributed by atoms with Crippen molar-refractivity contribution in [2.75, 3.05) is 23.7 Å². The van der Waals surface area contributed by atoms with Crippen LogP contribution in [-0.4, -0.2) is 50.5 Å². The van der Waals surface area contributed by atoms with Crippen LogP contribution in [0.15, 0.2) is 54.6 Å². The van der Waals surface area contributed by atoms with E-state index in [0.717, 1.165) is 22.2 Å². The Morgan fingerprint density at radius 2 is 1.65 bits per heavy atom. The van der Waals surface area contributed by atoms with Gasteiger partial charge in [-0.15, -0.1) is 0 Å². The SMILES string of the molecule is CCNC(=O)[C@H](CC)N(Cc1ccccc1)C(=O)CN(c1ccccc1F)S(C)(=O)=O. The molecule has 0 heterocycles. The second-order valence-electron chi connectivity index (χ2n) is 7.05. The van der Waals surface area contributed by atoms with Crippen LogP contribution in [0.1, 0.15) is 25.8 Å². The number of rotatable bonds is 10. The van der Waals surface area contributed by atoms with E-state index in [1.807, 2.05) is 30.3 Å². The van der Waals surface area contributed by atoms with Gasteiger partial charge < -0.3 is 10.2 Å². The van der Waals surface area contributed by atoms with Gasteiger partial charge in [0, 0.05) is 13.1 Å². The first-order valence-corrected chi connectivity index (χ1v) is 11.9.